The maximum atomic E-state index is 12.4. The SMILES string of the molecule is NC(=S)C1(C(=O)Nc2ccc3c(c2)OCCO3)CCC1. The van der Waals surface area contributed by atoms with Crippen LogP contribution in [-0.4, -0.2) is 24.1 Å². The molecule has 1 saturated carbocycles. The van der Waals surface area contributed by atoms with Gasteiger partial charge in [0.15, 0.2) is 11.5 Å². The number of hydrogen-bond donors (Lipinski definition) is 2. The Bertz CT molecular complexity index is 570. The van der Waals surface area contributed by atoms with E-state index in [4.69, 9.17) is 27.4 Å². The van der Waals surface area contributed by atoms with Crippen molar-refractivity contribution in [2.24, 2.45) is 11.1 Å². The van der Waals surface area contributed by atoms with Crippen molar-refractivity contribution in [2.45, 2.75) is 19.3 Å². The number of rotatable bonds is 3. The third-order valence-electron chi connectivity index (χ3n) is 3.91. The summed E-state index contributed by atoms with van der Waals surface area (Å²) in [6.07, 6.45) is 2.42. The minimum Gasteiger partial charge on any atom is -0.486 e. The van der Waals surface area contributed by atoms with E-state index in [1.807, 2.05) is 0 Å². The first-order chi connectivity index (χ1) is 9.62. The standard InChI is InChI=1S/C14H16N2O3S/c15-12(20)14(4-1-5-14)13(17)16-9-2-3-10-11(8-9)19-7-6-18-10/h2-3,8H,1,4-7H2,(H2,15,20)(H,16,17). The van der Waals surface area contributed by atoms with Gasteiger partial charge in [0, 0.05) is 11.8 Å². The molecule has 1 fully saturated rings. The second-order valence-electron chi connectivity index (χ2n) is 5.11. The Morgan fingerprint density at radius 2 is 1.95 bits per heavy atom. The predicted octanol–water partition coefficient (Wildman–Crippen LogP) is 1.85. The molecule has 2 aliphatic rings. The van der Waals surface area contributed by atoms with Crippen LogP contribution in [0.15, 0.2) is 18.2 Å². The van der Waals surface area contributed by atoms with Crippen molar-refractivity contribution in [3.8, 4) is 11.5 Å². The molecule has 1 amide bonds. The fraction of sp³-hybridized carbons (Fsp3) is 0.429. The lowest BCUT2D eigenvalue weighted by molar-refractivity contribution is -0.125. The smallest absolute Gasteiger partial charge is 0.237 e. The Hall–Kier alpha value is -1.82. The van der Waals surface area contributed by atoms with Gasteiger partial charge >= 0.3 is 0 Å². The summed E-state index contributed by atoms with van der Waals surface area (Å²) in [5.74, 6) is 1.21. The summed E-state index contributed by atoms with van der Waals surface area (Å²) in [5, 5.41) is 2.87. The number of amides is 1. The topological polar surface area (TPSA) is 73.6 Å². The Morgan fingerprint density at radius 1 is 1.25 bits per heavy atom. The summed E-state index contributed by atoms with van der Waals surface area (Å²) in [6, 6.07) is 5.34. The minimum absolute atomic E-state index is 0.132. The van der Waals surface area contributed by atoms with Crippen LogP contribution in [0.5, 0.6) is 11.5 Å². The molecule has 1 aromatic rings. The molecule has 0 unspecified atom stereocenters. The third kappa shape index (κ3) is 2.10. The largest absolute Gasteiger partial charge is 0.486 e. The number of nitrogens with two attached hydrogens (primary N) is 1. The number of thiocarbonyl (C=S) groups is 1. The van der Waals surface area contributed by atoms with Crippen molar-refractivity contribution in [3.63, 3.8) is 0 Å². The highest BCUT2D eigenvalue weighted by Crippen LogP contribution is 2.42. The van der Waals surface area contributed by atoms with Crippen LogP contribution in [0.2, 0.25) is 0 Å². The van der Waals surface area contributed by atoms with Crippen molar-refractivity contribution < 1.29 is 14.3 Å². The van der Waals surface area contributed by atoms with Gasteiger partial charge in [-0.25, -0.2) is 0 Å². The van der Waals surface area contributed by atoms with Gasteiger partial charge in [-0.3, -0.25) is 4.79 Å². The van der Waals surface area contributed by atoms with Gasteiger partial charge in [-0.1, -0.05) is 18.6 Å². The molecule has 3 N–H and O–H groups in total. The van der Waals surface area contributed by atoms with Gasteiger partial charge in [-0.05, 0) is 25.0 Å². The van der Waals surface area contributed by atoms with Crippen LogP contribution in [0.3, 0.4) is 0 Å². The second-order valence-corrected chi connectivity index (χ2v) is 5.55. The number of hydrogen-bond acceptors (Lipinski definition) is 4. The highest BCUT2D eigenvalue weighted by Gasteiger charge is 2.46. The molecule has 0 radical (unpaired) electrons. The number of anilines is 1. The fourth-order valence-corrected chi connectivity index (χ4v) is 2.78. The quantitative estimate of drug-likeness (QED) is 0.832. The average Bonchev–Trinajstić information content (AvgIpc) is 2.36. The van der Waals surface area contributed by atoms with Gasteiger partial charge in [-0.2, -0.15) is 0 Å². The molecule has 20 heavy (non-hydrogen) atoms. The molecule has 1 aliphatic heterocycles. The molecule has 5 nitrogen and oxygen atoms in total. The molecule has 0 atom stereocenters. The van der Waals surface area contributed by atoms with Crippen LogP contribution in [0.4, 0.5) is 5.69 Å². The number of nitrogens with one attached hydrogen (secondary N) is 1. The van der Waals surface area contributed by atoms with Gasteiger partial charge in [-0.15, -0.1) is 0 Å². The number of fused-ring (bicyclic) bond motifs is 1. The average molecular weight is 292 g/mol. The van der Waals surface area contributed by atoms with E-state index in [2.05, 4.69) is 5.32 Å². The first-order valence-electron chi connectivity index (χ1n) is 6.63. The molecular weight excluding hydrogens is 276 g/mol. The lowest BCUT2D eigenvalue weighted by atomic mass is 9.68. The molecule has 0 spiro atoms. The zero-order valence-corrected chi connectivity index (χ0v) is 11.8. The molecule has 106 valence electrons. The molecular formula is C14H16N2O3S. The Kier molecular flexibility index (Phi) is 3.25. The Morgan fingerprint density at radius 3 is 2.55 bits per heavy atom. The van der Waals surface area contributed by atoms with E-state index in [9.17, 15) is 4.79 Å². The van der Waals surface area contributed by atoms with Gasteiger partial charge in [0.1, 0.15) is 13.2 Å². The van der Waals surface area contributed by atoms with E-state index in [-0.39, 0.29) is 10.9 Å². The van der Waals surface area contributed by atoms with Gasteiger partial charge in [0.05, 0.1) is 10.4 Å². The summed E-state index contributed by atoms with van der Waals surface area (Å²) in [7, 11) is 0. The first kappa shape index (κ1) is 13.2. The minimum atomic E-state index is -0.678. The van der Waals surface area contributed by atoms with Crippen LogP contribution < -0.4 is 20.5 Å². The van der Waals surface area contributed by atoms with E-state index in [1.165, 1.54) is 0 Å². The Labute approximate surface area is 122 Å². The number of ether oxygens (including phenoxy) is 2. The van der Waals surface area contributed by atoms with Crippen LogP contribution in [-0.2, 0) is 4.79 Å². The molecule has 1 aliphatic carbocycles. The van der Waals surface area contributed by atoms with E-state index in [0.29, 0.717) is 30.4 Å². The van der Waals surface area contributed by atoms with Crippen molar-refractivity contribution >= 4 is 28.8 Å². The van der Waals surface area contributed by atoms with Crippen LogP contribution in [0.1, 0.15) is 19.3 Å². The summed E-state index contributed by atoms with van der Waals surface area (Å²) in [5.41, 5.74) is 5.71. The van der Waals surface area contributed by atoms with Crippen molar-refractivity contribution in [2.75, 3.05) is 18.5 Å². The molecule has 0 aromatic heterocycles. The van der Waals surface area contributed by atoms with E-state index < -0.39 is 5.41 Å². The molecule has 3 rings (SSSR count). The summed E-state index contributed by atoms with van der Waals surface area (Å²) in [4.78, 5) is 12.7. The number of carbonyl (C=O) groups is 1. The van der Waals surface area contributed by atoms with Crippen molar-refractivity contribution in [3.05, 3.63) is 18.2 Å². The molecule has 6 heteroatoms. The number of carbonyl (C=O) groups excluding carboxylic acids is 1. The molecule has 1 heterocycles. The van der Waals surface area contributed by atoms with Crippen molar-refractivity contribution in [1.29, 1.82) is 0 Å². The maximum absolute atomic E-state index is 12.4. The van der Waals surface area contributed by atoms with Gasteiger partial charge in [0.2, 0.25) is 5.91 Å². The number of benzene rings is 1. The normalized spacial score (nSPS) is 18.8. The van der Waals surface area contributed by atoms with Crippen molar-refractivity contribution in [1.82, 2.24) is 0 Å². The summed E-state index contributed by atoms with van der Waals surface area (Å²) >= 11 is 5.04. The lowest BCUT2D eigenvalue weighted by Crippen LogP contribution is -2.50. The summed E-state index contributed by atoms with van der Waals surface area (Å²) < 4.78 is 10.9. The first-order valence-corrected chi connectivity index (χ1v) is 7.04. The fourth-order valence-electron chi connectivity index (χ4n) is 2.49. The molecule has 0 saturated heterocycles. The lowest BCUT2D eigenvalue weighted by Gasteiger charge is -2.39. The van der Waals surface area contributed by atoms with E-state index >= 15 is 0 Å². The summed E-state index contributed by atoms with van der Waals surface area (Å²) in [6.45, 7) is 1.06. The highest BCUT2D eigenvalue weighted by molar-refractivity contribution is 7.80. The predicted molar refractivity (Wildman–Crippen MR) is 79.1 cm³/mol. The molecule has 1 aromatic carbocycles. The second kappa shape index (κ2) is 4.94. The van der Waals surface area contributed by atoms with E-state index in [0.717, 1.165) is 19.3 Å². The maximum Gasteiger partial charge on any atom is 0.237 e. The zero-order valence-electron chi connectivity index (χ0n) is 11.0. The third-order valence-corrected chi connectivity index (χ3v) is 4.30. The van der Waals surface area contributed by atoms with Gasteiger partial charge in [0.25, 0.3) is 0 Å². The highest BCUT2D eigenvalue weighted by atomic mass is 32.1. The van der Waals surface area contributed by atoms with Gasteiger partial charge < -0.3 is 20.5 Å². The van der Waals surface area contributed by atoms with E-state index in [1.54, 1.807) is 18.2 Å². The Balaban J connectivity index is 1.77. The monoisotopic (exact) mass is 292 g/mol. The molecule has 0 bridgehead atoms. The zero-order chi connectivity index (χ0) is 14.2. The van der Waals surface area contributed by atoms with Crippen LogP contribution in [0, 0.1) is 5.41 Å². The van der Waals surface area contributed by atoms with Crippen LogP contribution >= 0.6 is 12.2 Å². The van der Waals surface area contributed by atoms with Crippen LogP contribution in [0.25, 0.3) is 0 Å².